The van der Waals surface area contributed by atoms with Gasteiger partial charge in [-0.3, -0.25) is 23.2 Å². The van der Waals surface area contributed by atoms with E-state index in [9.17, 15) is 38.9 Å². The normalized spacial score (nSPS) is 15.5. The Morgan fingerprint density at radius 1 is 0.508 bits per heavy atom. The van der Waals surface area contributed by atoms with Crippen molar-refractivity contribution in [1.82, 2.24) is 0 Å². The molecule has 0 aliphatic heterocycles. The summed E-state index contributed by atoms with van der Waals surface area (Å²) in [6.07, 6.45) is 36.5. The minimum absolute atomic E-state index is 0.0227. The van der Waals surface area contributed by atoms with Gasteiger partial charge in [-0.15, -0.1) is 0 Å². The molecule has 17 heteroatoms. The van der Waals surface area contributed by atoms with Gasteiger partial charge in [0.15, 0.2) is 6.10 Å². The van der Waals surface area contributed by atoms with Crippen LogP contribution in [-0.2, 0) is 41.8 Å². The van der Waals surface area contributed by atoms with Gasteiger partial charge in [0.2, 0.25) is 0 Å². The van der Waals surface area contributed by atoms with E-state index >= 15 is 0 Å². The van der Waals surface area contributed by atoms with E-state index in [1.807, 2.05) is 12.2 Å². The molecule has 0 spiro atoms. The van der Waals surface area contributed by atoms with Gasteiger partial charge < -0.3 is 39.5 Å². The molecule has 0 aromatic heterocycles. The quantitative estimate of drug-likeness (QED) is 0.0144. The Bertz CT molecular complexity index is 1380. The summed E-state index contributed by atoms with van der Waals surface area (Å²) in [5.41, 5.74) is 0. The number of ether oxygens (including phenoxy) is 2. The smallest absolute Gasteiger partial charge is 0.462 e. The molecule has 0 saturated heterocycles. The lowest BCUT2D eigenvalue weighted by molar-refractivity contribution is -0.161. The molecule has 366 valence electrons. The third-order valence-electron chi connectivity index (χ3n) is 9.57. The van der Waals surface area contributed by atoms with Gasteiger partial charge >= 0.3 is 27.6 Å². The average Bonchev–Trinajstić information content (AvgIpc) is 3.24. The van der Waals surface area contributed by atoms with E-state index in [-0.39, 0.29) is 12.8 Å². The molecule has 0 aromatic rings. The van der Waals surface area contributed by atoms with E-state index in [0.29, 0.717) is 32.1 Å². The molecule has 63 heavy (non-hydrogen) atoms. The first-order chi connectivity index (χ1) is 30.2. The zero-order chi connectivity index (χ0) is 46.9. The number of allylic oxidation sites excluding steroid dienone is 9. The zero-order valence-electron chi connectivity index (χ0n) is 38.1. The third-order valence-corrected chi connectivity index (χ3v) is 11.0. The highest BCUT2D eigenvalue weighted by molar-refractivity contribution is 7.47. The fourth-order valence-electron chi connectivity index (χ4n) is 5.88. The molecule has 0 saturated carbocycles. The van der Waals surface area contributed by atoms with Crippen molar-refractivity contribution in [2.45, 2.75) is 192 Å². The van der Waals surface area contributed by atoms with E-state index < -0.39 is 78.4 Å². The first-order valence-corrected chi connectivity index (χ1v) is 26.2. The van der Waals surface area contributed by atoms with E-state index in [2.05, 4.69) is 71.5 Å². The van der Waals surface area contributed by atoms with Crippen molar-refractivity contribution >= 4 is 27.6 Å². The maximum absolute atomic E-state index is 12.7. The molecular weight excluding hydrogens is 854 g/mol. The second kappa shape index (κ2) is 41.2. The Labute approximate surface area is 377 Å². The van der Waals surface area contributed by atoms with Crippen LogP contribution in [0.15, 0.2) is 60.8 Å². The van der Waals surface area contributed by atoms with Crippen molar-refractivity contribution in [3.63, 3.8) is 0 Å². The number of aliphatic hydroxyl groups excluding tert-OH is 3. The number of unbranched alkanes of at least 4 members (excludes halogenated alkanes) is 13. The van der Waals surface area contributed by atoms with Gasteiger partial charge in [-0.25, -0.2) is 9.13 Å². The number of hydrogen-bond acceptors (Lipinski definition) is 12. The highest BCUT2D eigenvalue weighted by Crippen LogP contribution is 2.43. The molecule has 0 bridgehead atoms. The fraction of sp³-hybridized carbons (Fsp3) is 0.739. The molecule has 0 aliphatic carbocycles. The maximum Gasteiger partial charge on any atom is 0.472 e. The lowest BCUT2D eigenvalue weighted by atomic mass is 10.0. The predicted octanol–water partition coefficient (Wildman–Crippen LogP) is 9.95. The van der Waals surface area contributed by atoms with Crippen LogP contribution in [0.25, 0.3) is 0 Å². The second-order valence-electron chi connectivity index (χ2n) is 15.6. The zero-order valence-corrected chi connectivity index (χ0v) is 39.9. The summed E-state index contributed by atoms with van der Waals surface area (Å²) in [4.78, 5) is 52.8. The molecule has 0 aromatic carbocycles. The van der Waals surface area contributed by atoms with Crippen LogP contribution in [0, 0.1) is 0 Å². The van der Waals surface area contributed by atoms with Gasteiger partial charge in [-0.05, 0) is 83.5 Å². The van der Waals surface area contributed by atoms with Crippen molar-refractivity contribution in [2.75, 3.05) is 26.4 Å². The summed E-state index contributed by atoms with van der Waals surface area (Å²) in [6, 6.07) is 0. The molecule has 0 fully saturated rings. The van der Waals surface area contributed by atoms with Crippen LogP contribution in [-0.4, -0.2) is 92.8 Å². The Kier molecular flexibility index (Phi) is 39.7. The van der Waals surface area contributed by atoms with Crippen LogP contribution >= 0.6 is 15.6 Å². The van der Waals surface area contributed by atoms with Crippen LogP contribution in [0.3, 0.4) is 0 Å². The van der Waals surface area contributed by atoms with Crippen molar-refractivity contribution in [2.24, 2.45) is 0 Å². The van der Waals surface area contributed by atoms with Gasteiger partial charge in [-0.2, -0.15) is 0 Å². The molecule has 15 nitrogen and oxygen atoms in total. The lowest BCUT2D eigenvalue weighted by Crippen LogP contribution is -2.30. The third kappa shape index (κ3) is 43.4. The molecule has 0 aliphatic rings. The maximum atomic E-state index is 12.7. The Morgan fingerprint density at radius 3 is 1.54 bits per heavy atom. The molecule has 5 atom stereocenters. The Morgan fingerprint density at radius 2 is 0.968 bits per heavy atom. The summed E-state index contributed by atoms with van der Waals surface area (Å²) >= 11 is 0. The van der Waals surface area contributed by atoms with Gasteiger partial charge in [0.25, 0.3) is 0 Å². The number of aliphatic hydroxyl groups is 3. The van der Waals surface area contributed by atoms with Crippen LogP contribution in [0.2, 0.25) is 0 Å². The van der Waals surface area contributed by atoms with Gasteiger partial charge in [0.1, 0.15) is 12.7 Å². The Balaban J connectivity index is 4.66. The molecule has 6 N–H and O–H groups in total. The van der Waals surface area contributed by atoms with Gasteiger partial charge in [0, 0.05) is 12.8 Å². The van der Waals surface area contributed by atoms with Crippen LogP contribution in [0.1, 0.15) is 168 Å². The SMILES string of the molecule is CCCCC/C=C\C/C=C\C/C=C\C/C=C\CCCCCC(=O)OC[C@H](COP(=O)(O)OC[C@@H](O)COP(=O)(O)O)OC(=O)CCCCCCC[C@H](O)[C@@H](O)C/C=C\CCCCC. The topological polar surface area (TPSA) is 236 Å². The summed E-state index contributed by atoms with van der Waals surface area (Å²) in [6.45, 7) is 1.46. The van der Waals surface area contributed by atoms with E-state index in [4.69, 9.17) is 23.8 Å². The van der Waals surface area contributed by atoms with Crippen LogP contribution < -0.4 is 0 Å². The fourth-order valence-corrected chi connectivity index (χ4v) is 7.04. The molecule has 1 unspecified atom stereocenters. The number of phosphoric ester groups is 2. The summed E-state index contributed by atoms with van der Waals surface area (Å²) in [5, 5.41) is 30.2. The van der Waals surface area contributed by atoms with Crippen molar-refractivity contribution in [3.05, 3.63) is 60.8 Å². The van der Waals surface area contributed by atoms with E-state index in [0.717, 1.165) is 83.5 Å². The van der Waals surface area contributed by atoms with Crippen molar-refractivity contribution in [1.29, 1.82) is 0 Å². The Hall–Kier alpha value is -2.26. The van der Waals surface area contributed by atoms with Crippen molar-refractivity contribution in [3.8, 4) is 0 Å². The average molecular weight is 937 g/mol. The van der Waals surface area contributed by atoms with E-state index in [1.54, 1.807) is 0 Å². The summed E-state index contributed by atoms with van der Waals surface area (Å²) < 4.78 is 47.7. The van der Waals surface area contributed by atoms with Gasteiger partial charge in [0.05, 0.1) is 32.0 Å². The monoisotopic (exact) mass is 937 g/mol. The summed E-state index contributed by atoms with van der Waals surface area (Å²) in [5.74, 6) is -1.18. The number of esters is 2. The summed E-state index contributed by atoms with van der Waals surface area (Å²) in [7, 11) is -9.75. The minimum atomic E-state index is -4.89. The molecule has 0 amide bonds. The van der Waals surface area contributed by atoms with E-state index in [1.165, 1.54) is 25.7 Å². The molecule has 0 heterocycles. The molecule has 0 rings (SSSR count). The standard InChI is InChI=1S/C46H82O15P2/c1-3-5-7-9-11-12-13-14-15-16-17-18-19-20-21-22-23-27-31-35-45(50)57-39-42(40-60-63(55,56)59-38-41(47)37-58-62(52,53)54)61-46(51)36-32-28-24-26-30-34-44(49)43(48)33-29-25-10-8-6-4-2/h11-12,14-15,17-18,20-21,25,29,41-44,47-49H,3-10,13,16,19,22-24,26-28,30-40H2,1-2H3,(H,55,56)(H2,52,53,54)/b12-11-,15-14-,18-17-,21-20-,29-25-/t41-,42+,43-,44-/m0/s1. The van der Waals surface area contributed by atoms with Crippen molar-refractivity contribution < 1.29 is 71.8 Å². The number of hydrogen-bond donors (Lipinski definition) is 6. The van der Waals surface area contributed by atoms with Gasteiger partial charge in [-0.1, -0.05) is 132 Å². The van der Waals surface area contributed by atoms with Crippen LogP contribution in [0.5, 0.6) is 0 Å². The molecule has 0 radical (unpaired) electrons. The number of carbonyl (C=O) groups is 2. The van der Waals surface area contributed by atoms with Crippen LogP contribution in [0.4, 0.5) is 0 Å². The minimum Gasteiger partial charge on any atom is -0.462 e. The lowest BCUT2D eigenvalue weighted by Gasteiger charge is -2.20. The highest BCUT2D eigenvalue weighted by atomic mass is 31.2. The number of rotatable bonds is 43. The number of carbonyl (C=O) groups excluding carboxylic acids is 2. The highest BCUT2D eigenvalue weighted by Gasteiger charge is 2.28. The molecular formula is C46H82O15P2. The predicted molar refractivity (Wildman–Crippen MR) is 246 cm³/mol. The number of phosphoric acid groups is 2. The second-order valence-corrected chi connectivity index (χ2v) is 18.3. The largest absolute Gasteiger partial charge is 0.472 e. The first kappa shape index (κ1) is 60.7. The first-order valence-electron chi connectivity index (χ1n) is 23.1.